The first-order chi connectivity index (χ1) is 12.1. The topological polar surface area (TPSA) is 78.7 Å². The zero-order chi connectivity index (χ0) is 19.1. The van der Waals surface area contributed by atoms with Gasteiger partial charge in [0.1, 0.15) is 0 Å². The Kier molecular flexibility index (Phi) is 4.96. The summed E-state index contributed by atoms with van der Waals surface area (Å²) in [4.78, 5) is 25.8. The minimum atomic E-state index is -5.08. The fourth-order valence-electron chi connectivity index (χ4n) is 3.55. The van der Waals surface area contributed by atoms with Crippen molar-refractivity contribution in [2.24, 2.45) is 24.8 Å². The van der Waals surface area contributed by atoms with E-state index in [9.17, 15) is 18.0 Å². The number of carbonyl (C=O) groups is 2. The predicted octanol–water partition coefficient (Wildman–Crippen LogP) is 1.36. The average Bonchev–Trinajstić information content (AvgIpc) is 2.96. The van der Waals surface area contributed by atoms with Gasteiger partial charge in [0.15, 0.2) is 0 Å². The van der Waals surface area contributed by atoms with Gasteiger partial charge in [-0.3, -0.25) is 9.48 Å². The summed E-state index contributed by atoms with van der Waals surface area (Å²) in [6.45, 7) is 4.16. The van der Waals surface area contributed by atoms with Crippen LogP contribution < -0.4 is 4.90 Å². The maximum Gasteiger partial charge on any atom is 0.490 e. The van der Waals surface area contributed by atoms with Crippen LogP contribution in [0.2, 0.25) is 0 Å². The maximum atomic E-state index is 12.5. The number of rotatable bonds is 3. The van der Waals surface area contributed by atoms with Gasteiger partial charge in [-0.2, -0.15) is 18.3 Å². The number of likely N-dealkylation sites (tertiary alicyclic amines) is 1. The molecular formula is C16H21F3N4O3. The number of halogens is 3. The van der Waals surface area contributed by atoms with E-state index in [0.29, 0.717) is 11.8 Å². The number of anilines is 1. The monoisotopic (exact) mass is 374 g/mol. The van der Waals surface area contributed by atoms with E-state index >= 15 is 0 Å². The molecule has 26 heavy (non-hydrogen) atoms. The zero-order valence-corrected chi connectivity index (χ0v) is 14.3. The molecule has 7 nitrogen and oxygen atoms in total. The Morgan fingerprint density at radius 1 is 1.31 bits per heavy atom. The molecule has 2 saturated heterocycles. The highest BCUT2D eigenvalue weighted by Crippen LogP contribution is 2.37. The summed E-state index contributed by atoms with van der Waals surface area (Å²) in [6, 6.07) is 0. The summed E-state index contributed by atoms with van der Waals surface area (Å²) in [5.74, 6) is -0.794. The number of aryl methyl sites for hydroxylation is 1. The molecule has 2 atom stereocenters. The number of hydrogen-bond donors (Lipinski definition) is 1. The lowest BCUT2D eigenvalue weighted by atomic mass is 10.0. The Labute approximate surface area is 148 Å². The van der Waals surface area contributed by atoms with Gasteiger partial charge < -0.3 is 14.9 Å². The van der Waals surface area contributed by atoms with E-state index in [2.05, 4.69) is 10.00 Å². The van der Waals surface area contributed by atoms with Crippen LogP contribution in [-0.4, -0.2) is 64.0 Å². The van der Waals surface area contributed by atoms with Crippen molar-refractivity contribution < 1.29 is 27.9 Å². The van der Waals surface area contributed by atoms with Crippen molar-refractivity contribution in [2.75, 3.05) is 31.1 Å². The number of amides is 1. The van der Waals surface area contributed by atoms with Crippen LogP contribution in [0, 0.1) is 17.8 Å². The van der Waals surface area contributed by atoms with Gasteiger partial charge in [0, 0.05) is 45.3 Å². The van der Waals surface area contributed by atoms with E-state index in [1.54, 1.807) is 10.9 Å². The zero-order valence-electron chi connectivity index (χ0n) is 14.3. The molecule has 2 aliphatic heterocycles. The van der Waals surface area contributed by atoms with Crippen LogP contribution in [0.15, 0.2) is 12.4 Å². The average molecular weight is 374 g/mol. The fourth-order valence-corrected chi connectivity index (χ4v) is 3.55. The number of carboxylic acid groups (broad SMARTS) is 1. The molecule has 3 fully saturated rings. The van der Waals surface area contributed by atoms with Gasteiger partial charge in [-0.25, -0.2) is 4.79 Å². The Morgan fingerprint density at radius 2 is 1.96 bits per heavy atom. The van der Waals surface area contributed by atoms with Crippen LogP contribution in [0.25, 0.3) is 0 Å². The van der Waals surface area contributed by atoms with Gasteiger partial charge in [0.2, 0.25) is 5.91 Å². The molecule has 0 unspecified atom stereocenters. The Bertz CT molecular complexity index is 687. The molecule has 0 spiro atoms. The van der Waals surface area contributed by atoms with Gasteiger partial charge >= 0.3 is 12.1 Å². The molecule has 3 aliphatic rings. The molecule has 10 heteroatoms. The molecule has 1 aromatic heterocycles. The van der Waals surface area contributed by atoms with Crippen LogP contribution in [-0.2, 0) is 16.6 Å². The van der Waals surface area contributed by atoms with Crippen molar-refractivity contribution in [1.29, 1.82) is 0 Å². The molecule has 144 valence electrons. The maximum absolute atomic E-state index is 12.5. The van der Waals surface area contributed by atoms with E-state index in [1.807, 2.05) is 18.1 Å². The number of carboxylic acids is 1. The third kappa shape index (κ3) is 4.17. The van der Waals surface area contributed by atoms with Crippen LogP contribution in [0.1, 0.15) is 12.8 Å². The molecule has 0 radical (unpaired) electrons. The third-order valence-corrected chi connectivity index (χ3v) is 4.98. The van der Waals surface area contributed by atoms with Crippen LogP contribution in [0.3, 0.4) is 0 Å². The van der Waals surface area contributed by atoms with Crippen LogP contribution in [0.4, 0.5) is 18.9 Å². The molecule has 1 amide bonds. The second kappa shape index (κ2) is 6.90. The van der Waals surface area contributed by atoms with Crippen molar-refractivity contribution in [1.82, 2.24) is 14.7 Å². The summed E-state index contributed by atoms with van der Waals surface area (Å²) >= 11 is 0. The lowest BCUT2D eigenvalue weighted by Crippen LogP contribution is -2.33. The Morgan fingerprint density at radius 3 is 2.42 bits per heavy atom. The molecule has 0 aromatic carbocycles. The fraction of sp³-hybridized carbons (Fsp3) is 0.688. The molecular weight excluding hydrogens is 353 g/mol. The first kappa shape index (κ1) is 18.7. The van der Waals surface area contributed by atoms with Crippen molar-refractivity contribution in [3.8, 4) is 0 Å². The summed E-state index contributed by atoms with van der Waals surface area (Å²) in [5.41, 5.74) is 0.954. The highest BCUT2D eigenvalue weighted by atomic mass is 19.4. The van der Waals surface area contributed by atoms with Crippen LogP contribution >= 0.6 is 0 Å². The quantitative estimate of drug-likeness (QED) is 0.864. The normalized spacial score (nSPS) is 25.8. The minimum absolute atomic E-state index is 0.221. The number of aromatic nitrogens is 2. The molecule has 3 heterocycles. The summed E-state index contributed by atoms with van der Waals surface area (Å²) in [6.07, 6.45) is 1.42. The standard InChI is InChI=1S/C14H20N4O.C2HF3O2/c1-16-8-12(4-15-16)18-7-11-6-17(5-10-2-3-10)9-13(11)14(18)19;3-2(4,5)1(6)7/h4,8,10-11,13H,2-3,5-7,9H2,1H3;(H,6,7)/t11-,13-;/m0./s1. The van der Waals surface area contributed by atoms with E-state index in [4.69, 9.17) is 9.90 Å². The van der Waals surface area contributed by atoms with Crippen LogP contribution in [0.5, 0.6) is 0 Å². The molecule has 1 aliphatic carbocycles. The Hall–Kier alpha value is -2.10. The van der Waals surface area contributed by atoms with Crippen molar-refractivity contribution in [3.63, 3.8) is 0 Å². The number of hydrogen-bond acceptors (Lipinski definition) is 4. The smallest absolute Gasteiger partial charge is 0.475 e. The van der Waals surface area contributed by atoms with E-state index < -0.39 is 12.1 Å². The highest BCUT2D eigenvalue weighted by molar-refractivity contribution is 5.97. The van der Waals surface area contributed by atoms with Gasteiger partial charge in [0.05, 0.1) is 17.8 Å². The molecule has 0 bridgehead atoms. The summed E-state index contributed by atoms with van der Waals surface area (Å²) in [7, 11) is 1.89. The van der Waals surface area contributed by atoms with Gasteiger partial charge in [-0.15, -0.1) is 0 Å². The second-order valence-electron chi connectivity index (χ2n) is 7.15. The summed E-state index contributed by atoms with van der Waals surface area (Å²) < 4.78 is 33.5. The third-order valence-electron chi connectivity index (χ3n) is 4.98. The van der Waals surface area contributed by atoms with Crippen molar-refractivity contribution in [3.05, 3.63) is 12.4 Å². The first-order valence-corrected chi connectivity index (χ1v) is 8.47. The number of nitrogens with zero attached hydrogens (tertiary/aromatic N) is 4. The van der Waals surface area contributed by atoms with E-state index in [-0.39, 0.29) is 5.92 Å². The SMILES string of the molecule is Cn1cc(N2C[C@@H]3CN(CC4CC4)C[C@@H]3C2=O)cn1.O=C(O)C(F)(F)F. The number of aliphatic carboxylic acids is 1. The molecule has 1 aromatic rings. The largest absolute Gasteiger partial charge is 0.490 e. The van der Waals surface area contributed by atoms with Crippen molar-refractivity contribution in [2.45, 2.75) is 19.0 Å². The lowest BCUT2D eigenvalue weighted by Gasteiger charge is -2.20. The van der Waals surface area contributed by atoms with Gasteiger partial charge in [-0.1, -0.05) is 0 Å². The van der Waals surface area contributed by atoms with Gasteiger partial charge in [-0.05, 0) is 18.8 Å². The lowest BCUT2D eigenvalue weighted by molar-refractivity contribution is -0.192. The highest BCUT2D eigenvalue weighted by Gasteiger charge is 2.47. The molecule has 1 N–H and O–H groups in total. The summed E-state index contributed by atoms with van der Waals surface area (Å²) in [5, 5.41) is 11.3. The van der Waals surface area contributed by atoms with Crippen molar-refractivity contribution >= 4 is 17.6 Å². The second-order valence-corrected chi connectivity index (χ2v) is 7.15. The van der Waals surface area contributed by atoms with E-state index in [1.165, 1.54) is 19.4 Å². The number of fused-ring (bicyclic) bond motifs is 1. The Balaban J connectivity index is 0.000000242. The number of carbonyl (C=O) groups excluding carboxylic acids is 1. The minimum Gasteiger partial charge on any atom is -0.475 e. The number of alkyl halides is 3. The first-order valence-electron chi connectivity index (χ1n) is 8.47. The molecule has 1 saturated carbocycles. The van der Waals surface area contributed by atoms with Gasteiger partial charge in [0.25, 0.3) is 0 Å². The molecule has 4 rings (SSSR count). The predicted molar refractivity (Wildman–Crippen MR) is 85.4 cm³/mol. The van der Waals surface area contributed by atoms with E-state index in [0.717, 1.165) is 31.2 Å².